The molecular formula is C13H24N2O3. The maximum absolute atomic E-state index is 12.0. The van der Waals surface area contributed by atoms with E-state index in [0.717, 1.165) is 25.9 Å². The van der Waals surface area contributed by atoms with Gasteiger partial charge in [0.05, 0.1) is 11.7 Å². The molecule has 0 saturated carbocycles. The SMILES string of the molecule is CC1(O)CCN(C(=O)COC2CCNCC2)CC1. The molecule has 2 aliphatic heterocycles. The lowest BCUT2D eigenvalue weighted by Crippen LogP contribution is -2.46. The minimum atomic E-state index is -0.604. The molecule has 2 N–H and O–H groups in total. The molecule has 0 aromatic heterocycles. The molecule has 1 amide bonds. The number of rotatable bonds is 3. The fraction of sp³-hybridized carbons (Fsp3) is 0.923. The van der Waals surface area contributed by atoms with Crippen LogP contribution in [0.1, 0.15) is 32.6 Å². The van der Waals surface area contributed by atoms with Gasteiger partial charge in [-0.1, -0.05) is 0 Å². The van der Waals surface area contributed by atoms with Gasteiger partial charge in [0.2, 0.25) is 5.91 Å². The second kappa shape index (κ2) is 5.99. The van der Waals surface area contributed by atoms with Crippen LogP contribution in [0.5, 0.6) is 0 Å². The van der Waals surface area contributed by atoms with Gasteiger partial charge in [-0.05, 0) is 45.7 Å². The lowest BCUT2D eigenvalue weighted by molar-refractivity contribution is -0.142. The van der Waals surface area contributed by atoms with Gasteiger partial charge >= 0.3 is 0 Å². The Hall–Kier alpha value is -0.650. The summed E-state index contributed by atoms with van der Waals surface area (Å²) >= 11 is 0. The lowest BCUT2D eigenvalue weighted by atomic mass is 9.94. The summed E-state index contributed by atoms with van der Waals surface area (Å²) < 4.78 is 5.66. The molecule has 2 aliphatic rings. The first-order valence-corrected chi connectivity index (χ1v) is 6.89. The third kappa shape index (κ3) is 3.93. The average Bonchev–Trinajstić information content (AvgIpc) is 2.37. The average molecular weight is 256 g/mol. The van der Waals surface area contributed by atoms with Crippen molar-refractivity contribution >= 4 is 5.91 Å². The van der Waals surface area contributed by atoms with E-state index in [1.807, 2.05) is 6.92 Å². The number of likely N-dealkylation sites (tertiary alicyclic amines) is 1. The minimum absolute atomic E-state index is 0.0593. The molecular weight excluding hydrogens is 232 g/mol. The molecule has 0 aliphatic carbocycles. The summed E-state index contributed by atoms with van der Waals surface area (Å²) in [4.78, 5) is 13.8. The second-order valence-corrected chi connectivity index (χ2v) is 5.64. The summed E-state index contributed by atoms with van der Waals surface area (Å²) in [6.45, 7) is 5.26. The number of nitrogens with zero attached hydrogens (tertiary/aromatic N) is 1. The molecule has 2 heterocycles. The van der Waals surface area contributed by atoms with E-state index < -0.39 is 5.60 Å². The molecule has 0 atom stereocenters. The Morgan fingerprint density at radius 1 is 1.39 bits per heavy atom. The summed E-state index contributed by atoms with van der Waals surface area (Å²) in [7, 11) is 0. The smallest absolute Gasteiger partial charge is 0.248 e. The van der Waals surface area contributed by atoms with Crippen LogP contribution in [0.15, 0.2) is 0 Å². The van der Waals surface area contributed by atoms with Gasteiger partial charge in [-0.2, -0.15) is 0 Å². The molecule has 0 spiro atoms. The predicted octanol–water partition coefficient (Wildman–Crippen LogP) is 0.128. The van der Waals surface area contributed by atoms with E-state index in [9.17, 15) is 9.90 Å². The number of amides is 1. The van der Waals surface area contributed by atoms with Crippen LogP contribution in [0.3, 0.4) is 0 Å². The zero-order valence-corrected chi connectivity index (χ0v) is 11.2. The number of nitrogens with one attached hydrogen (secondary N) is 1. The quantitative estimate of drug-likeness (QED) is 0.753. The molecule has 0 unspecified atom stereocenters. The third-order valence-corrected chi connectivity index (χ3v) is 3.92. The Labute approximate surface area is 108 Å². The molecule has 0 aromatic carbocycles. The fourth-order valence-electron chi connectivity index (χ4n) is 2.48. The van der Waals surface area contributed by atoms with Gasteiger partial charge < -0.3 is 20.1 Å². The van der Waals surface area contributed by atoms with E-state index in [0.29, 0.717) is 25.9 Å². The maximum atomic E-state index is 12.0. The highest BCUT2D eigenvalue weighted by Crippen LogP contribution is 2.21. The van der Waals surface area contributed by atoms with E-state index >= 15 is 0 Å². The molecule has 0 radical (unpaired) electrons. The topological polar surface area (TPSA) is 61.8 Å². The van der Waals surface area contributed by atoms with Crippen molar-refractivity contribution in [2.75, 3.05) is 32.8 Å². The van der Waals surface area contributed by atoms with Gasteiger partial charge in [-0.3, -0.25) is 4.79 Å². The molecule has 5 heteroatoms. The monoisotopic (exact) mass is 256 g/mol. The zero-order valence-electron chi connectivity index (χ0n) is 11.2. The zero-order chi connectivity index (χ0) is 13.0. The first-order chi connectivity index (χ1) is 8.57. The summed E-state index contributed by atoms with van der Waals surface area (Å²) in [5.74, 6) is 0.0593. The molecule has 5 nitrogen and oxygen atoms in total. The Kier molecular flexibility index (Phi) is 4.59. The third-order valence-electron chi connectivity index (χ3n) is 3.92. The highest BCUT2D eigenvalue weighted by atomic mass is 16.5. The van der Waals surface area contributed by atoms with Gasteiger partial charge in [-0.15, -0.1) is 0 Å². The van der Waals surface area contributed by atoms with Crippen molar-refractivity contribution in [3.05, 3.63) is 0 Å². The van der Waals surface area contributed by atoms with Gasteiger partial charge in [0.15, 0.2) is 0 Å². The van der Waals surface area contributed by atoms with Crippen molar-refractivity contribution in [3.8, 4) is 0 Å². The van der Waals surface area contributed by atoms with Crippen LogP contribution < -0.4 is 5.32 Å². The molecule has 0 aromatic rings. The molecule has 0 bridgehead atoms. The number of piperidine rings is 2. The van der Waals surface area contributed by atoms with Crippen molar-refractivity contribution < 1.29 is 14.6 Å². The normalized spacial score (nSPS) is 25.1. The standard InChI is InChI=1S/C13H24N2O3/c1-13(17)4-8-15(9-5-13)12(16)10-18-11-2-6-14-7-3-11/h11,14,17H,2-10H2,1H3. The van der Waals surface area contributed by atoms with Crippen LogP contribution in [0.25, 0.3) is 0 Å². The van der Waals surface area contributed by atoms with E-state index in [1.54, 1.807) is 4.90 Å². The van der Waals surface area contributed by atoms with E-state index in [-0.39, 0.29) is 18.6 Å². The van der Waals surface area contributed by atoms with Crippen LogP contribution in [-0.4, -0.2) is 60.4 Å². The highest BCUT2D eigenvalue weighted by Gasteiger charge is 2.29. The Morgan fingerprint density at radius 2 is 2.00 bits per heavy atom. The van der Waals surface area contributed by atoms with E-state index in [2.05, 4.69) is 5.32 Å². The molecule has 104 valence electrons. The van der Waals surface area contributed by atoms with Crippen LogP contribution in [0.2, 0.25) is 0 Å². The number of carbonyl (C=O) groups excluding carboxylic acids is 1. The second-order valence-electron chi connectivity index (χ2n) is 5.64. The number of hydrogen-bond donors (Lipinski definition) is 2. The fourth-order valence-corrected chi connectivity index (χ4v) is 2.48. The summed E-state index contributed by atoms with van der Waals surface area (Å²) in [5, 5.41) is 13.1. The van der Waals surface area contributed by atoms with Crippen molar-refractivity contribution in [3.63, 3.8) is 0 Å². The van der Waals surface area contributed by atoms with Crippen LogP contribution in [0.4, 0.5) is 0 Å². The molecule has 2 rings (SSSR count). The minimum Gasteiger partial charge on any atom is -0.390 e. The summed E-state index contributed by atoms with van der Waals surface area (Å²) in [6, 6.07) is 0. The van der Waals surface area contributed by atoms with Crippen molar-refractivity contribution in [1.29, 1.82) is 0 Å². The van der Waals surface area contributed by atoms with Crippen molar-refractivity contribution in [2.24, 2.45) is 0 Å². The Bertz CT molecular complexity index is 278. The first-order valence-electron chi connectivity index (χ1n) is 6.89. The van der Waals surface area contributed by atoms with E-state index in [4.69, 9.17) is 4.74 Å². The highest BCUT2D eigenvalue weighted by molar-refractivity contribution is 5.77. The number of ether oxygens (including phenoxy) is 1. The van der Waals surface area contributed by atoms with E-state index in [1.165, 1.54) is 0 Å². The Morgan fingerprint density at radius 3 is 2.61 bits per heavy atom. The predicted molar refractivity (Wildman–Crippen MR) is 68.3 cm³/mol. The summed E-state index contributed by atoms with van der Waals surface area (Å²) in [6.07, 6.45) is 3.52. The number of carbonyl (C=O) groups is 1. The molecule has 2 fully saturated rings. The Balaban J connectivity index is 1.68. The first kappa shape index (κ1) is 13.8. The van der Waals surface area contributed by atoms with Crippen LogP contribution in [0, 0.1) is 0 Å². The van der Waals surface area contributed by atoms with Crippen LogP contribution in [-0.2, 0) is 9.53 Å². The van der Waals surface area contributed by atoms with Crippen molar-refractivity contribution in [1.82, 2.24) is 10.2 Å². The summed E-state index contributed by atoms with van der Waals surface area (Å²) in [5.41, 5.74) is -0.604. The number of hydrogen-bond acceptors (Lipinski definition) is 4. The van der Waals surface area contributed by atoms with Gasteiger partial charge in [0, 0.05) is 13.1 Å². The molecule has 18 heavy (non-hydrogen) atoms. The molecule has 2 saturated heterocycles. The number of aliphatic hydroxyl groups is 1. The van der Waals surface area contributed by atoms with Crippen LogP contribution >= 0.6 is 0 Å². The largest absolute Gasteiger partial charge is 0.390 e. The van der Waals surface area contributed by atoms with Gasteiger partial charge in [0.1, 0.15) is 6.61 Å². The van der Waals surface area contributed by atoms with Gasteiger partial charge in [0.25, 0.3) is 0 Å². The van der Waals surface area contributed by atoms with Gasteiger partial charge in [-0.25, -0.2) is 0 Å². The van der Waals surface area contributed by atoms with Crippen molar-refractivity contribution in [2.45, 2.75) is 44.3 Å². The lowest BCUT2D eigenvalue weighted by Gasteiger charge is -2.36. The maximum Gasteiger partial charge on any atom is 0.248 e.